The van der Waals surface area contributed by atoms with Crippen LogP contribution in [0, 0.1) is 0 Å². The van der Waals surface area contributed by atoms with Crippen molar-refractivity contribution >= 4 is 144 Å². The van der Waals surface area contributed by atoms with Crippen LogP contribution >= 0.6 is 0 Å². The van der Waals surface area contributed by atoms with Crippen molar-refractivity contribution in [3.63, 3.8) is 0 Å². The molecule has 0 atom stereocenters. The van der Waals surface area contributed by atoms with Crippen LogP contribution < -0.4 is 26.2 Å². The molecule has 0 fully saturated rings. The smallest absolute Gasteiger partial charge is 0.252 e. The van der Waals surface area contributed by atoms with Gasteiger partial charge in [-0.3, -0.25) is 0 Å². The maximum absolute atomic E-state index is 2.74. The molecule has 0 N–H and O–H groups in total. The van der Waals surface area contributed by atoms with Crippen molar-refractivity contribution in [3.8, 4) is 89.5 Å². The number of anilines is 6. The molecule has 0 saturated heterocycles. The molecule has 19 aromatic carbocycles. The lowest BCUT2D eigenvalue weighted by molar-refractivity contribution is 0.590. The molecule has 0 unspecified atom stereocenters. The highest BCUT2D eigenvalue weighted by Gasteiger charge is 2.47. The predicted molar refractivity (Wildman–Crippen MR) is 529 cm³/mol. The maximum atomic E-state index is 2.74. The third-order valence-electron chi connectivity index (χ3n) is 26.6. The lowest BCUT2D eigenvalue weighted by Crippen LogP contribution is -2.61. The van der Waals surface area contributed by atoms with E-state index in [0.29, 0.717) is 0 Å². The van der Waals surface area contributed by atoms with Crippen LogP contribution in [0.25, 0.3) is 177 Å². The number of rotatable bonds is 12. The van der Waals surface area contributed by atoms with E-state index in [0.717, 1.165) is 168 Å². The SMILES string of the molecule is CC(C)(C)c1cc2c3c(c1)N(c1c(-c4ccccc4)cc(-c4ccccc4)cc1-c1ccccc1)c1cc(-n4c5ccccc5c5ccc6c7ccccc7n(-c7ccccc7)c6c54)ccc1B3c1ccc(-n3c4ccccc4c4ccc5c6ccccc6n(-c6ccccc6)c5c43)cc1N2c1c(-c2ccccc2)cc(-c2ccccc2)cc1-c1ccccc1. The van der Waals surface area contributed by atoms with E-state index in [1.165, 1.54) is 65.0 Å². The summed E-state index contributed by atoms with van der Waals surface area (Å²) in [6, 6.07) is 165. The molecule has 586 valence electrons. The molecule has 23 aromatic rings. The number of aromatic nitrogens is 4. The molecule has 0 aliphatic carbocycles. The van der Waals surface area contributed by atoms with E-state index in [2.05, 4.69) is 486 Å². The van der Waals surface area contributed by atoms with Gasteiger partial charge < -0.3 is 28.1 Å². The third-order valence-corrected chi connectivity index (χ3v) is 26.6. The quantitative estimate of drug-likeness (QED) is 0.114. The van der Waals surface area contributed by atoms with E-state index in [9.17, 15) is 0 Å². The van der Waals surface area contributed by atoms with E-state index in [1.54, 1.807) is 0 Å². The fourth-order valence-electron chi connectivity index (χ4n) is 21.1. The Morgan fingerprint density at radius 2 is 0.456 bits per heavy atom. The van der Waals surface area contributed by atoms with Crippen molar-refractivity contribution in [1.29, 1.82) is 0 Å². The Bertz CT molecular complexity index is 7690. The summed E-state index contributed by atoms with van der Waals surface area (Å²) >= 11 is 0. The molecule has 4 aromatic heterocycles. The van der Waals surface area contributed by atoms with Crippen molar-refractivity contribution < 1.29 is 0 Å². The first-order valence-electron chi connectivity index (χ1n) is 43.5. The number of nitrogens with zero attached hydrogens (tertiary/aromatic N) is 6. The second-order valence-corrected chi connectivity index (χ2v) is 34.6. The third kappa shape index (κ3) is 11.2. The number of hydrogen-bond acceptors (Lipinski definition) is 2. The summed E-state index contributed by atoms with van der Waals surface area (Å²) in [4.78, 5) is 5.49. The van der Waals surface area contributed by atoms with Crippen LogP contribution in [0.5, 0.6) is 0 Å². The molecule has 2 aliphatic heterocycles. The molecule has 25 rings (SSSR count). The molecule has 0 radical (unpaired) electrons. The maximum Gasteiger partial charge on any atom is 0.252 e. The van der Waals surface area contributed by atoms with Gasteiger partial charge in [-0.15, -0.1) is 0 Å². The topological polar surface area (TPSA) is 26.2 Å². The zero-order chi connectivity index (χ0) is 82.7. The Kier molecular flexibility index (Phi) is 16.3. The van der Waals surface area contributed by atoms with Crippen LogP contribution in [0.4, 0.5) is 34.1 Å². The second-order valence-electron chi connectivity index (χ2n) is 34.6. The zero-order valence-electron chi connectivity index (χ0n) is 69.3. The van der Waals surface area contributed by atoms with Crippen LogP contribution in [0.3, 0.4) is 0 Å². The predicted octanol–water partition coefficient (Wildman–Crippen LogP) is 29.5. The summed E-state index contributed by atoms with van der Waals surface area (Å²) in [6.07, 6.45) is 0. The first-order chi connectivity index (χ1) is 61.7. The van der Waals surface area contributed by atoms with Gasteiger partial charge in [0.05, 0.1) is 55.5 Å². The fourth-order valence-corrected chi connectivity index (χ4v) is 21.1. The fraction of sp³-hybridized carbons (Fsp3) is 0.0339. The Labute approximate surface area is 725 Å². The van der Waals surface area contributed by atoms with Gasteiger partial charge in [0.1, 0.15) is 0 Å². The van der Waals surface area contributed by atoms with Gasteiger partial charge in [-0.1, -0.05) is 348 Å². The molecular weight excluding hydrogens is 1510 g/mol. The van der Waals surface area contributed by atoms with Gasteiger partial charge in [-0.25, -0.2) is 0 Å². The summed E-state index contributed by atoms with van der Waals surface area (Å²) in [5.74, 6) is 0. The molecule has 0 bridgehead atoms. The highest BCUT2D eigenvalue weighted by atomic mass is 15.2. The highest BCUT2D eigenvalue weighted by Crippen LogP contribution is 2.57. The minimum Gasteiger partial charge on any atom is -0.310 e. The van der Waals surface area contributed by atoms with Gasteiger partial charge in [0, 0.05) is 111 Å². The Morgan fingerprint density at radius 3 is 0.744 bits per heavy atom. The average molecular weight is 1590 g/mol. The lowest BCUT2D eigenvalue weighted by atomic mass is 9.33. The Morgan fingerprint density at radius 1 is 0.200 bits per heavy atom. The van der Waals surface area contributed by atoms with E-state index >= 15 is 0 Å². The molecule has 6 heterocycles. The molecule has 125 heavy (non-hydrogen) atoms. The summed E-state index contributed by atoms with van der Waals surface area (Å²) in [5, 5.41) is 9.55. The first kappa shape index (κ1) is 71.9. The van der Waals surface area contributed by atoms with E-state index in [4.69, 9.17) is 0 Å². The van der Waals surface area contributed by atoms with Gasteiger partial charge in [0.15, 0.2) is 0 Å². The highest BCUT2D eigenvalue weighted by molar-refractivity contribution is 7.00. The zero-order valence-corrected chi connectivity index (χ0v) is 69.3. The van der Waals surface area contributed by atoms with Crippen LogP contribution in [-0.2, 0) is 5.41 Å². The van der Waals surface area contributed by atoms with Crippen molar-refractivity contribution in [1.82, 2.24) is 18.3 Å². The normalized spacial score (nSPS) is 12.6. The second kappa shape index (κ2) is 28.3. The molecule has 0 amide bonds. The van der Waals surface area contributed by atoms with Gasteiger partial charge in [-0.2, -0.15) is 0 Å². The molecular formula is C118H81BN6. The molecule has 2 aliphatic rings. The van der Waals surface area contributed by atoms with Crippen LogP contribution in [0.15, 0.2) is 437 Å². The van der Waals surface area contributed by atoms with Crippen molar-refractivity contribution in [2.75, 3.05) is 9.80 Å². The van der Waals surface area contributed by atoms with E-state index < -0.39 is 5.41 Å². The molecule has 7 heteroatoms. The summed E-state index contributed by atoms with van der Waals surface area (Å²) in [6.45, 7) is 6.88. The van der Waals surface area contributed by atoms with Gasteiger partial charge in [-0.05, 0) is 181 Å². The summed E-state index contributed by atoms with van der Waals surface area (Å²) < 4.78 is 10.2. The monoisotopic (exact) mass is 1590 g/mol. The van der Waals surface area contributed by atoms with Crippen molar-refractivity contribution in [2.24, 2.45) is 0 Å². The van der Waals surface area contributed by atoms with Crippen LogP contribution in [0.1, 0.15) is 26.3 Å². The first-order valence-corrected chi connectivity index (χ1v) is 43.5. The van der Waals surface area contributed by atoms with Gasteiger partial charge in [0.2, 0.25) is 0 Å². The standard InChI is InChI=1S/C118H81BN6/c1-118(2,3)84-72-109-111-110(73-84)125(113-99(80-44-20-8-21-45-80)70-83(77-38-14-5-15-39-77)71-100(113)81-46-22-9-23-47-81)108-75-88(123-106-59-35-31-55-92(106)96-65-63-94-90-53-29-33-57-104(90)121(115(94)117(96)123)86-50-26-11-27-51-86)61-67-102(108)119(111)101-66-60-87(122-105-58-34-30-54-91(105)95-64-62-93-89-52-28-32-56-103(89)120(114(93)116(95)122)85-48-24-10-25-49-85)74-107(101)124(109)112-97(78-40-16-6-17-41-78)68-82(76-36-12-4-13-37-76)69-98(112)79-42-18-7-19-43-79/h4-75H,1-3H3. The van der Waals surface area contributed by atoms with Crippen molar-refractivity contribution in [2.45, 2.75) is 26.2 Å². The Balaban J connectivity index is 0.864. The average Bonchev–Trinajstić information content (AvgIpc) is 1.20. The number of fused-ring (bicyclic) bond motifs is 18. The number of benzene rings is 19. The molecule has 0 spiro atoms. The van der Waals surface area contributed by atoms with E-state index in [-0.39, 0.29) is 6.71 Å². The van der Waals surface area contributed by atoms with Crippen molar-refractivity contribution in [3.05, 3.63) is 442 Å². The lowest BCUT2D eigenvalue weighted by Gasteiger charge is -2.46. The van der Waals surface area contributed by atoms with Crippen LogP contribution in [-0.4, -0.2) is 25.0 Å². The molecule has 6 nitrogen and oxygen atoms in total. The minimum atomic E-state index is -0.414. The summed E-state index contributed by atoms with van der Waals surface area (Å²) in [5.41, 5.74) is 37.9. The number of para-hydroxylation sites is 6. The number of hydrogen-bond donors (Lipinski definition) is 0. The van der Waals surface area contributed by atoms with Gasteiger partial charge in [0.25, 0.3) is 6.71 Å². The van der Waals surface area contributed by atoms with Gasteiger partial charge >= 0.3 is 0 Å². The Hall–Kier alpha value is -16.0. The molecule has 0 saturated carbocycles. The summed E-state index contributed by atoms with van der Waals surface area (Å²) in [7, 11) is 0. The van der Waals surface area contributed by atoms with E-state index in [1.807, 2.05) is 0 Å². The minimum absolute atomic E-state index is 0.349. The largest absolute Gasteiger partial charge is 0.310 e. The van der Waals surface area contributed by atoms with Crippen LogP contribution in [0.2, 0.25) is 0 Å².